The Morgan fingerprint density at radius 2 is 2.04 bits per heavy atom. The zero-order chi connectivity index (χ0) is 16.2. The molecule has 0 spiro atoms. The van der Waals surface area contributed by atoms with Crippen LogP contribution in [0.3, 0.4) is 0 Å². The van der Waals surface area contributed by atoms with E-state index in [1.165, 1.54) is 4.88 Å². The molecule has 0 unspecified atom stereocenters. The Morgan fingerprint density at radius 3 is 2.79 bits per heavy atom. The van der Waals surface area contributed by atoms with Crippen LogP contribution in [0.5, 0.6) is 0 Å². The van der Waals surface area contributed by atoms with E-state index in [4.69, 9.17) is 8.94 Å². The molecular formula is C17H15N3O2S2. The summed E-state index contributed by atoms with van der Waals surface area (Å²) in [5.74, 6) is 2.17. The second kappa shape index (κ2) is 7.12. The van der Waals surface area contributed by atoms with Gasteiger partial charge in [-0.15, -0.1) is 11.3 Å². The summed E-state index contributed by atoms with van der Waals surface area (Å²) in [6, 6.07) is 10.1. The highest BCUT2D eigenvalue weighted by Gasteiger charge is 2.15. The normalized spacial score (nSPS) is 11.4. The predicted molar refractivity (Wildman–Crippen MR) is 93.6 cm³/mol. The molecule has 0 N–H and O–H groups in total. The van der Waals surface area contributed by atoms with E-state index in [0.717, 1.165) is 17.9 Å². The fourth-order valence-electron chi connectivity index (χ4n) is 2.43. The molecule has 4 rings (SSSR count). The zero-order valence-electron chi connectivity index (χ0n) is 12.8. The number of aromatic nitrogens is 2. The summed E-state index contributed by atoms with van der Waals surface area (Å²) in [4.78, 5) is 8.03. The van der Waals surface area contributed by atoms with Gasteiger partial charge in [0.2, 0.25) is 11.7 Å². The van der Waals surface area contributed by atoms with Crippen molar-refractivity contribution in [3.63, 3.8) is 0 Å². The van der Waals surface area contributed by atoms with Gasteiger partial charge in [0.1, 0.15) is 5.76 Å². The van der Waals surface area contributed by atoms with Crippen molar-refractivity contribution in [1.29, 1.82) is 0 Å². The molecule has 7 heteroatoms. The maximum Gasteiger partial charge on any atom is 0.241 e. The molecule has 24 heavy (non-hydrogen) atoms. The van der Waals surface area contributed by atoms with E-state index in [9.17, 15) is 0 Å². The van der Waals surface area contributed by atoms with Crippen LogP contribution in [0.15, 0.2) is 61.7 Å². The van der Waals surface area contributed by atoms with Gasteiger partial charge in [0.05, 0.1) is 19.4 Å². The molecule has 4 heterocycles. The minimum Gasteiger partial charge on any atom is -0.468 e. The number of furan rings is 1. The fourth-order valence-corrected chi connectivity index (χ4v) is 3.81. The lowest BCUT2D eigenvalue weighted by atomic mass is 10.3. The Bertz CT molecular complexity index is 816. The first-order valence-corrected chi connectivity index (χ1v) is 9.31. The Balaban J connectivity index is 1.50. The van der Waals surface area contributed by atoms with E-state index in [1.54, 1.807) is 28.9 Å². The molecule has 0 aromatic carbocycles. The van der Waals surface area contributed by atoms with Crippen molar-refractivity contribution in [2.75, 3.05) is 0 Å². The first-order chi connectivity index (χ1) is 11.9. The maximum absolute atomic E-state index is 5.48. The number of hydrogen-bond acceptors (Lipinski definition) is 7. The molecule has 0 radical (unpaired) electrons. The summed E-state index contributed by atoms with van der Waals surface area (Å²) < 4.78 is 10.9. The summed E-state index contributed by atoms with van der Waals surface area (Å²) in [6.07, 6.45) is 1.69. The van der Waals surface area contributed by atoms with Crippen LogP contribution in [0.1, 0.15) is 16.5 Å². The highest BCUT2D eigenvalue weighted by molar-refractivity contribution is 7.09. The quantitative estimate of drug-likeness (QED) is 0.482. The second-order valence-electron chi connectivity index (χ2n) is 5.33. The Labute approximate surface area is 147 Å². The molecule has 0 amide bonds. The molecular weight excluding hydrogens is 342 g/mol. The van der Waals surface area contributed by atoms with Gasteiger partial charge in [0.25, 0.3) is 0 Å². The SMILES string of the molecule is c1coc(CN(Cc2nc(-c3ccsc3)no2)Cc2cccs2)c1. The molecule has 122 valence electrons. The van der Waals surface area contributed by atoms with Crippen LogP contribution >= 0.6 is 22.7 Å². The summed E-state index contributed by atoms with van der Waals surface area (Å²) in [5.41, 5.74) is 0.992. The zero-order valence-corrected chi connectivity index (χ0v) is 14.4. The van der Waals surface area contributed by atoms with Gasteiger partial charge in [-0.25, -0.2) is 0 Å². The van der Waals surface area contributed by atoms with E-state index >= 15 is 0 Å². The molecule has 0 bridgehead atoms. The van der Waals surface area contributed by atoms with Crippen LogP contribution in [0.2, 0.25) is 0 Å². The Morgan fingerprint density at radius 1 is 1.04 bits per heavy atom. The highest BCUT2D eigenvalue weighted by Crippen LogP contribution is 2.21. The van der Waals surface area contributed by atoms with E-state index in [2.05, 4.69) is 32.6 Å². The van der Waals surface area contributed by atoms with E-state index in [1.807, 2.05) is 29.0 Å². The van der Waals surface area contributed by atoms with Gasteiger partial charge in [0, 0.05) is 22.4 Å². The minimum absolute atomic E-state index is 0.579. The van der Waals surface area contributed by atoms with Gasteiger partial charge in [-0.3, -0.25) is 4.90 Å². The summed E-state index contributed by atoms with van der Waals surface area (Å²) >= 11 is 3.36. The summed E-state index contributed by atoms with van der Waals surface area (Å²) in [7, 11) is 0. The Kier molecular flexibility index (Phi) is 4.55. The molecule has 5 nitrogen and oxygen atoms in total. The standard InChI is InChI=1S/C17H15N3O2S2/c1-3-14(21-6-1)9-20(10-15-4-2-7-24-15)11-16-18-17(19-22-16)13-5-8-23-12-13/h1-8,12H,9-11H2. The van der Waals surface area contributed by atoms with Crippen molar-refractivity contribution in [2.24, 2.45) is 0 Å². The molecule has 0 aliphatic heterocycles. The van der Waals surface area contributed by atoms with Crippen molar-refractivity contribution in [3.8, 4) is 11.4 Å². The van der Waals surface area contributed by atoms with E-state index in [-0.39, 0.29) is 0 Å². The van der Waals surface area contributed by atoms with Crippen molar-refractivity contribution in [3.05, 3.63) is 69.3 Å². The van der Waals surface area contributed by atoms with Crippen molar-refractivity contribution >= 4 is 22.7 Å². The molecule has 0 atom stereocenters. The van der Waals surface area contributed by atoms with Crippen LogP contribution in [0, 0.1) is 0 Å². The van der Waals surface area contributed by atoms with Gasteiger partial charge in [-0.05, 0) is 35.0 Å². The second-order valence-corrected chi connectivity index (χ2v) is 7.14. The minimum atomic E-state index is 0.579. The number of nitrogens with zero attached hydrogens (tertiary/aromatic N) is 3. The molecule has 0 saturated heterocycles. The van der Waals surface area contributed by atoms with Gasteiger partial charge < -0.3 is 8.94 Å². The first-order valence-electron chi connectivity index (χ1n) is 7.49. The smallest absolute Gasteiger partial charge is 0.241 e. The summed E-state index contributed by atoms with van der Waals surface area (Å²) in [5, 5.41) is 10.2. The number of rotatable bonds is 7. The van der Waals surface area contributed by atoms with Gasteiger partial charge in [0.15, 0.2) is 0 Å². The molecule has 0 aliphatic carbocycles. The third-order valence-electron chi connectivity index (χ3n) is 3.53. The van der Waals surface area contributed by atoms with Crippen LogP contribution in [-0.4, -0.2) is 15.0 Å². The monoisotopic (exact) mass is 357 g/mol. The van der Waals surface area contributed by atoms with Crippen LogP contribution < -0.4 is 0 Å². The Hall–Kier alpha value is -2.22. The van der Waals surface area contributed by atoms with E-state index in [0.29, 0.717) is 24.8 Å². The first kappa shape index (κ1) is 15.3. The third kappa shape index (κ3) is 3.64. The molecule has 0 fully saturated rings. The van der Waals surface area contributed by atoms with Crippen LogP contribution in [0.4, 0.5) is 0 Å². The number of thiophene rings is 2. The topological polar surface area (TPSA) is 55.3 Å². The maximum atomic E-state index is 5.48. The van der Waals surface area contributed by atoms with Crippen molar-refractivity contribution < 1.29 is 8.94 Å². The number of hydrogen-bond donors (Lipinski definition) is 0. The average Bonchev–Trinajstić information content (AvgIpc) is 3.37. The lowest BCUT2D eigenvalue weighted by Crippen LogP contribution is -2.21. The predicted octanol–water partition coefficient (Wildman–Crippen LogP) is 4.66. The third-order valence-corrected chi connectivity index (χ3v) is 5.07. The largest absolute Gasteiger partial charge is 0.468 e. The highest BCUT2D eigenvalue weighted by atomic mass is 32.1. The van der Waals surface area contributed by atoms with Gasteiger partial charge >= 0.3 is 0 Å². The lowest BCUT2D eigenvalue weighted by molar-refractivity contribution is 0.198. The molecule has 0 saturated carbocycles. The van der Waals surface area contributed by atoms with Crippen LogP contribution in [-0.2, 0) is 19.6 Å². The van der Waals surface area contributed by atoms with Gasteiger partial charge in [-0.2, -0.15) is 16.3 Å². The molecule has 4 aromatic rings. The average molecular weight is 357 g/mol. The van der Waals surface area contributed by atoms with Gasteiger partial charge in [-0.1, -0.05) is 11.2 Å². The molecule has 4 aromatic heterocycles. The van der Waals surface area contributed by atoms with Crippen LogP contribution in [0.25, 0.3) is 11.4 Å². The molecule has 0 aliphatic rings. The lowest BCUT2D eigenvalue weighted by Gasteiger charge is -2.18. The summed E-state index contributed by atoms with van der Waals surface area (Å²) in [6.45, 7) is 2.09. The van der Waals surface area contributed by atoms with Crippen molar-refractivity contribution in [1.82, 2.24) is 15.0 Å². The van der Waals surface area contributed by atoms with Crippen molar-refractivity contribution in [2.45, 2.75) is 19.6 Å². The van der Waals surface area contributed by atoms with E-state index < -0.39 is 0 Å². The fraction of sp³-hybridized carbons (Fsp3) is 0.176.